The first-order valence-electron chi connectivity index (χ1n) is 7.96. The average Bonchev–Trinajstić information content (AvgIpc) is 2.89. The zero-order chi connectivity index (χ0) is 14.6. The maximum absolute atomic E-state index is 11.0. The lowest BCUT2D eigenvalue weighted by molar-refractivity contribution is -0.694. The van der Waals surface area contributed by atoms with Gasteiger partial charge in [-0.25, -0.2) is 4.79 Å². The second kappa shape index (κ2) is 10.8. The summed E-state index contributed by atoms with van der Waals surface area (Å²) in [5.41, 5.74) is 0. The molecule has 0 amide bonds. The maximum atomic E-state index is 11.0. The van der Waals surface area contributed by atoms with Gasteiger partial charge in [0.15, 0.2) is 6.20 Å². The van der Waals surface area contributed by atoms with Crippen molar-refractivity contribution in [2.24, 2.45) is 0 Å². The Balaban J connectivity index is 1.97. The SMILES string of the molecule is CCCCCCCCCCCC[n+]1ccsc1C(=O)O. The van der Waals surface area contributed by atoms with E-state index in [1.807, 2.05) is 16.1 Å². The van der Waals surface area contributed by atoms with Gasteiger partial charge >= 0.3 is 11.0 Å². The van der Waals surface area contributed by atoms with E-state index in [-0.39, 0.29) is 0 Å². The molecule has 1 N–H and O–H groups in total. The van der Waals surface area contributed by atoms with Crippen LogP contribution in [-0.4, -0.2) is 11.1 Å². The van der Waals surface area contributed by atoms with Gasteiger partial charge in [-0.15, -0.1) is 0 Å². The highest BCUT2D eigenvalue weighted by atomic mass is 32.1. The molecule has 1 heterocycles. The quantitative estimate of drug-likeness (QED) is 0.450. The second-order valence-corrected chi connectivity index (χ2v) is 6.28. The molecule has 0 atom stereocenters. The highest BCUT2D eigenvalue weighted by Crippen LogP contribution is 2.10. The van der Waals surface area contributed by atoms with Crippen molar-refractivity contribution >= 4 is 17.3 Å². The highest BCUT2D eigenvalue weighted by Gasteiger charge is 2.19. The summed E-state index contributed by atoms with van der Waals surface area (Å²) < 4.78 is 1.86. The van der Waals surface area contributed by atoms with Crippen LogP contribution in [0.2, 0.25) is 0 Å². The fourth-order valence-corrected chi connectivity index (χ4v) is 3.15. The molecular formula is C16H28NO2S+. The summed E-state index contributed by atoms with van der Waals surface area (Å²) in [6.45, 7) is 3.09. The molecule has 0 radical (unpaired) electrons. The first kappa shape index (κ1) is 17.2. The molecule has 0 aliphatic carbocycles. The molecule has 1 aromatic rings. The van der Waals surface area contributed by atoms with Gasteiger partial charge in [-0.05, 0) is 6.42 Å². The van der Waals surface area contributed by atoms with Crippen LogP contribution in [0.25, 0.3) is 0 Å². The van der Waals surface area contributed by atoms with Gasteiger partial charge in [0, 0.05) is 6.42 Å². The Morgan fingerprint density at radius 3 is 2.15 bits per heavy atom. The van der Waals surface area contributed by atoms with Gasteiger partial charge in [-0.3, -0.25) is 0 Å². The largest absolute Gasteiger partial charge is 0.473 e. The Bertz CT molecular complexity index is 376. The summed E-state index contributed by atoms with van der Waals surface area (Å²) >= 11 is 1.30. The van der Waals surface area contributed by atoms with Crippen molar-refractivity contribution in [1.29, 1.82) is 0 Å². The van der Waals surface area contributed by atoms with E-state index < -0.39 is 5.97 Å². The van der Waals surface area contributed by atoms with Gasteiger partial charge in [-0.1, -0.05) is 69.6 Å². The molecule has 0 saturated carbocycles. The van der Waals surface area contributed by atoms with E-state index in [4.69, 9.17) is 5.11 Å². The van der Waals surface area contributed by atoms with E-state index in [1.165, 1.54) is 69.1 Å². The van der Waals surface area contributed by atoms with Gasteiger partial charge in [0.05, 0.1) is 5.38 Å². The first-order chi connectivity index (χ1) is 9.75. The third kappa shape index (κ3) is 7.04. The number of hydrogen-bond acceptors (Lipinski definition) is 2. The predicted molar refractivity (Wildman–Crippen MR) is 83.3 cm³/mol. The molecule has 0 bridgehead atoms. The first-order valence-corrected chi connectivity index (χ1v) is 8.84. The number of thiazole rings is 1. The highest BCUT2D eigenvalue weighted by molar-refractivity contribution is 7.11. The summed E-state index contributed by atoms with van der Waals surface area (Å²) in [5, 5.41) is 11.3. The zero-order valence-corrected chi connectivity index (χ0v) is 13.5. The number of rotatable bonds is 12. The third-order valence-corrected chi connectivity index (χ3v) is 4.51. The van der Waals surface area contributed by atoms with Gasteiger partial charge in [0.1, 0.15) is 6.54 Å². The molecule has 4 heteroatoms. The van der Waals surface area contributed by atoms with Crippen LogP contribution >= 0.6 is 11.3 Å². The van der Waals surface area contributed by atoms with E-state index in [9.17, 15) is 4.79 Å². The molecular weight excluding hydrogens is 270 g/mol. The van der Waals surface area contributed by atoms with Gasteiger partial charge in [-0.2, -0.15) is 4.57 Å². The van der Waals surface area contributed by atoms with Crippen LogP contribution in [0.15, 0.2) is 11.6 Å². The van der Waals surface area contributed by atoms with Crippen molar-refractivity contribution in [2.75, 3.05) is 0 Å². The summed E-state index contributed by atoms with van der Waals surface area (Å²) in [7, 11) is 0. The van der Waals surface area contributed by atoms with E-state index in [2.05, 4.69) is 6.92 Å². The Labute approximate surface area is 126 Å². The minimum absolute atomic E-state index is 0.445. The normalized spacial score (nSPS) is 10.8. The number of carboxylic acids is 1. The molecule has 1 rings (SSSR count). The van der Waals surface area contributed by atoms with Crippen LogP contribution in [0.3, 0.4) is 0 Å². The van der Waals surface area contributed by atoms with Crippen molar-refractivity contribution in [3.63, 3.8) is 0 Å². The lowest BCUT2D eigenvalue weighted by Gasteiger charge is -2.01. The Hall–Kier alpha value is -0.900. The summed E-state index contributed by atoms with van der Waals surface area (Å²) in [4.78, 5) is 11.0. The Morgan fingerprint density at radius 1 is 1.05 bits per heavy atom. The number of carbonyl (C=O) groups is 1. The monoisotopic (exact) mass is 298 g/mol. The fraction of sp³-hybridized carbons (Fsp3) is 0.750. The second-order valence-electron chi connectivity index (χ2n) is 5.39. The topological polar surface area (TPSA) is 41.2 Å². The molecule has 0 aliphatic heterocycles. The molecule has 0 spiro atoms. The molecule has 0 aromatic carbocycles. The van der Waals surface area contributed by atoms with Gasteiger partial charge in [0.2, 0.25) is 0 Å². The summed E-state index contributed by atoms with van der Waals surface area (Å²) in [6, 6.07) is 0. The minimum atomic E-state index is -0.813. The number of nitrogens with zero attached hydrogens (tertiary/aromatic N) is 1. The molecule has 3 nitrogen and oxygen atoms in total. The van der Waals surface area contributed by atoms with Crippen LogP contribution in [0, 0.1) is 0 Å². The van der Waals surface area contributed by atoms with Crippen molar-refractivity contribution < 1.29 is 14.5 Å². The van der Waals surface area contributed by atoms with E-state index >= 15 is 0 Å². The number of hydrogen-bond donors (Lipinski definition) is 1. The van der Waals surface area contributed by atoms with Gasteiger partial charge in [0.25, 0.3) is 0 Å². The summed E-state index contributed by atoms with van der Waals surface area (Å²) in [5.74, 6) is -0.813. The van der Waals surface area contributed by atoms with Crippen molar-refractivity contribution in [3.8, 4) is 0 Å². The van der Waals surface area contributed by atoms with Gasteiger partial charge < -0.3 is 5.11 Å². The van der Waals surface area contributed by atoms with Crippen molar-refractivity contribution in [3.05, 3.63) is 16.6 Å². The fourth-order valence-electron chi connectivity index (χ4n) is 2.42. The lowest BCUT2D eigenvalue weighted by atomic mass is 10.1. The Morgan fingerprint density at radius 2 is 1.60 bits per heavy atom. The third-order valence-electron chi connectivity index (χ3n) is 3.62. The van der Waals surface area contributed by atoms with Crippen LogP contribution in [0.4, 0.5) is 0 Å². The van der Waals surface area contributed by atoms with Crippen LogP contribution in [-0.2, 0) is 6.54 Å². The predicted octanol–water partition coefficient (Wildman–Crippen LogP) is 4.65. The van der Waals surface area contributed by atoms with E-state index in [0.717, 1.165) is 13.0 Å². The number of carboxylic acid groups (broad SMARTS) is 1. The number of aromatic carboxylic acids is 1. The Kier molecular flexibility index (Phi) is 9.29. The van der Waals surface area contributed by atoms with E-state index in [0.29, 0.717) is 5.01 Å². The van der Waals surface area contributed by atoms with E-state index in [1.54, 1.807) is 0 Å². The number of aromatic nitrogens is 1. The lowest BCUT2D eigenvalue weighted by Crippen LogP contribution is -2.37. The zero-order valence-electron chi connectivity index (χ0n) is 12.6. The van der Waals surface area contributed by atoms with Crippen molar-refractivity contribution in [1.82, 2.24) is 0 Å². The van der Waals surface area contributed by atoms with Crippen molar-refractivity contribution in [2.45, 2.75) is 77.7 Å². The average molecular weight is 298 g/mol. The number of aryl methyl sites for hydroxylation is 1. The molecule has 0 aliphatic rings. The molecule has 0 unspecified atom stereocenters. The van der Waals surface area contributed by atoms with Crippen LogP contribution in [0.5, 0.6) is 0 Å². The van der Waals surface area contributed by atoms with Crippen LogP contribution in [0.1, 0.15) is 80.9 Å². The smallest absolute Gasteiger partial charge is 0.412 e. The molecule has 20 heavy (non-hydrogen) atoms. The molecule has 0 fully saturated rings. The van der Waals surface area contributed by atoms with Crippen LogP contribution < -0.4 is 4.57 Å². The number of unbranched alkanes of at least 4 members (excludes halogenated alkanes) is 9. The molecule has 114 valence electrons. The summed E-state index contributed by atoms with van der Waals surface area (Å²) in [6.07, 6.45) is 15.0. The standard InChI is InChI=1S/C16H27NO2S/c1-2-3-4-5-6-7-8-9-10-11-12-17-13-14-20-15(17)16(18)19/h13-14H,2-12H2,1H3/p+1. The maximum Gasteiger partial charge on any atom is 0.412 e. The molecule has 0 saturated heterocycles. The minimum Gasteiger partial charge on any atom is -0.473 e. The molecule has 1 aromatic heterocycles.